The molecule has 1 aromatic heterocycles. The average Bonchev–Trinajstić information content (AvgIpc) is 2.59. The number of aromatic hydroxyl groups is 1. The minimum absolute atomic E-state index is 0.156. The number of hydrogen-bond donors (Lipinski definition) is 2. The van der Waals surface area contributed by atoms with Crippen LogP contribution in [0.5, 0.6) is 5.75 Å². The highest BCUT2D eigenvalue weighted by atomic mass is 79.9. The third-order valence-corrected chi connectivity index (χ3v) is 3.02. The topological polar surface area (TPSA) is 72.3 Å². The highest BCUT2D eigenvalue weighted by Gasteiger charge is 2.13. The van der Waals surface area contributed by atoms with Crippen LogP contribution in [0.25, 0.3) is 11.3 Å². The number of halogens is 1. The fourth-order valence-corrected chi connectivity index (χ4v) is 1.73. The van der Waals surface area contributed by atoms with E-state index in [0.29, 0.717) is 11.3 Å². The molecule has 0 aliphatic carbocycles. The number of rotatable bonds is 1. The Morgan fingerprint density at radius 2 is 2.20 bits per heavy atom. The highest BCUT2D eigenvalue weighted by Crippen LogP contribution is 2.35. The van der Waals surface area contributed by atoms with Crippen LogP contribution in [0.4, 0.5) is 5.88 Å². The first-order valence-corrected chi connectivity index (χ1v) is 5.09. The maximum atomic E-state index is 9.74. The number of nitrogens with two attached hydrogens (primary N) is 1. The zero-order valence-electron chi connectivity index (χ0n) is 7.99. The molecule has 0 atom stereocenters. The SMILES string of the molecule is Cc1c(Br)ccc(O)c1-c1cc(N)on1. The van der Waals surface area contributed by atoms with Crippen molar-refractivity contribution in [2.45, 2.75) is 6.92 Å². The summed E-state index contributed by atoms with van der Waals surface area (Å²) in [5.41, 5.74) is 7.48. The van der Waals surface area contributed by atoms with Crippen LogP contribution in [0.3, 0.4) is 0 Å². The van der Waals surface area contributed by atoms with Gasteiger partial charge in [-0.05, 0) is 24.6 Å². The van der Waals surface area contributed by atoms with Crippen LogP contribution < -0.4 is 5.73 Å². The average molecular weight is 269 g/mol. The Bertz CT molecular complexity index is 508. The first-order valence-electron chi connectivity index (χ1n) is 4.30. The monoisotopic (exact) mass is 268 g/mol. The molecule has 2 aromatic rings. The molecule has 2 rings (SSSR count). The summed E-state index contributed by atoms with van der Waals surface area (Å²) in [7, 11) is 0. The number of nitrogens with zero attached hydrogens (tertiary/aromatic N) is 1. The third kappa shape index (κ3) is 1.70. The van der Waals surface area contributed by atoms with Gasteiger partial charge >= 0.3 is 0 Å². The first-order chi connectivity index (χ1) is 7.09. The lowest BCUT2D eigenvalue weighted by Crippen LogP contribution is -1.86. The predicted octanol–water partition coefficient (Wildman–Crippen LogP) is 2.70. The van der Waals surface area contributed by atoms with Gasteiger partial charge in [-0.25, -0.2) is 0 Å². The number of hydrogen-bond acceptors (Lipinski definition) is 4. The first kappa shape index (κ1) is 10.0. The van der Waals surface area contributed by atoms with Gasteiger partial charge in [0.15, 0.2) is 0 Å². The zero-order valence-corrected chi connectivity index (χ0v) is 9.58. The molecule has 4 nitrogen and oxygen atoms in total. The van der Waals surface area contributed by atoms with Gasteiger partial charge in [-0.3, -0.25) is 0 Å². The lowest BCUT2D eigenvalue weighted by Gasteiger charge is -2.06. The Morgan fingerprint density at radius 3 is 2.80 bits per heavy atom. The lowest BCUT2D eigenvalue weighted by molar-refractivity contribution is 0.437. The van der Waals surface area contributed by atoms with Crippen molar-refractivity contribution < 1.29 is 9.63 Å². The van der Waals surface area contributed by atoms with E-state index < -0.39 is 0 Å². The van der Waals surface area contributed by atoms with Gasteiger partial charge in [0, 0.05) is 16.1 Å². The van der Waals surface area contributed by atoms with Crippen molar-refractivity contribution in [1.29, 1.82) is 0 Å². The van der Waals surface area contributed by atoms with Crippen molar-refractivity contribution in [2.75, 3.05) is 5.73 Å². The van der Waals surface area contributed by atoms with Crippen LogP contribution in [-0.2, 0) is 0 Å². The number of aromatic nitrogens is 1. The number of phenols is 1. The fraction of sp³-hybridized carbons (Fsp3) is 0.100. The van der Waals surface area contributed by atoms with Crippen LogP contribution in [0.15, 0.2) is 27.2 Å². The Kier molecular flexibility index (Phi) is 2.40. The smallest absolute Gasteiger partial charge is 0.222 e. The standard InChI is InChI=1S/C10H9BrN2O2/c1-5-6(11)2-3-8(14)10(5)7-4-9(12)15-13-7/h2-4,14H,12H2,1H3. The van der Waals surface area contributed by atoms with Crippen LogP contribution in [0.2, 0.25) is 0 Å². The molecule has 15 heavy (non-hydrogen) atoms. The van der Waals surface area contributed by atoms with Gasteiger partial charge in [0.25, 0.3) is 0 Å². The van der Waals surface area contributed by atoms with Crippen LogP contribution in [0, 0.1) is 6.92 Å². The predicted molar refractivity (Wildman–Crippen MR) is 60.5 cm³/mol. The van der Waals surface area contributed by atoms with E-state index >= 15 is 0 Å². The largest absolute Gasteiger partial charge is 0.507 e. The lowest BCUT2D eigenvalue weighted by atomic mass is 10.0. The molecule has 0 fully saturated rings. The molecule has 0 aliphatic heterocycles. The zero-order chi connectivity index (χ0) is 11.0. The second-order valence-electron chi connectivity index (χ2n) is 3.18. The molecule has 0 amide bonds. The van der Waals surface area contributed by atoms with Crippen molar-refractivity contribution in [3.8, 4) is 17.0 Å². The molecular formula is C10H9BrN2O2. The van der Waals surface area contributed by atoms with Crippen LogP contribution in [0.1, 0.15) is 5.56 Å². The fourth-order valence-electron chi connectivity index (χ4n) is 1.40. The van der Waals surface area contributed by atoms with E-state index in [9.17, 15) is 5.11 Å². The van der Waals surface area contributed by atoms with Crippen molar-refractivity contribution >= 4 is 21.8 Å². The summed E-state index contributed by atoms with van der Waals surface area (Å²) in [6, 6.07) is 4.95. The summed E-state index contributed by atoms with van der Waals surface area (Å²) in [6.45, 7) is 1.88. The van der Waals surface area contributed by atoms with Crippen molar-refractivity contribution in [2.24, 2.45) is 0 Å². The number of anilines is 1. The number of benzene rings is 1. The molecule has 0 spiro atoms. The highest BCUT2D eigenvalue weighted by molar-refractivity contribution is 9.10. The molecule has 0 saturated carbocycles. The van der Waals surface area contributed by atoms with E-state index in [2.05, 4.69) is 21.1 Å². The second-order valence-corrected chi connectivity index (χ2v) is 4.04. The molecule has 1 aromatic carbocycles. The normalized spacial score (nSPS) is 10.5. The molecule has 0 bridgehead atoms. The Hall–Kier alpha value is -1.49. The van der Waals surface area contributed by atoms with E-state index in [1.165, 1.54) is 0 Å². The van der Waals surface area contributed by atoms with Gasteiger partial charge in [-0.2, -0.15) is 0 Å². The minimum atomic E-state index is 0.156. The van der Waals surface area contributed by atoms with Gasteiger partial charge < -0.3 is 15.4 Å². The molecule has 0 saturated heterocycles. The van der Waals surface area contributed by atoms with E-state index in [0.717, 1.165) is 10.0 Å². The summed E-state index contributed by atoms with van der Waals surface area (Å²) in [4.78, 5) is 0. The van der Waals surface area contributed by atoms with Crippen LogP contribution in [-0.4, -0.2) is 10.3 Å². The molecular weight excluding hydrogens is 260 g/mol. The van der Waals surface area contributed by atoms with Crippen LogP contribution >= 0.6 is 15.9 Å². The number of phenolic OH excluding ortho intramolecular Hbond substituents is 1. The summed E-state index contributed by atoms with van der Waals surface area (Å²) in [5, 5.41) is 13.5. The van der Waals surface area contributed by atoms with Crippen molar-refractivity contribution in [3.63, 3.8) is 0 Å². The Balaban J connectivity index is 2.66. The molecule has 3 N–H and O–H groups in total. The quantitative estimate of drug-likeness (QED) is 0.834. The minimum Gasteiger partial charge on any atom is -0.507 e. The van der Waals surface area contributed by atoms with E-state index in [1.807, 2.05) is 6.92 Å². The van der Waals surface area contributed by atoms with Crippen molar-refractivity contribution in [3.05, 3.63) is 28.2 Å². The van der Waals surface area contributed by atoms with Crippen molar-refractivity contribution in [1.82, 2.24) is 5.16 Å². The van der Waals surface area contributed by atoms with E-state index in [1.54, 1.807) is 18.2 Å². The number of nitrogen functional groups attached to an aromatic ring is 1. The Morgan fingerprint density at radius 1 is 1.47 bits per heavy atom. The summed E-state index contributed by atoms with van der Waals surface area (Å²) < 4.78 is 5.67. The Labute approximate surface area is 94.8 Å². The van der Waals surface area contributed by atoms with Gasteiger partial charge in [-0.15, -0.1) is 0 Å². The summed E-state index contributed by atoms with van der Waals surface area (Å²) in [5.74, 6) is 0.382. The van der Waals surface area contributed by atoms with Gasteiger partial charge in [0.2, 0.25) is 5.88 Å². The van der Waals surface area contributed by atoms with Gasteiger partial charge in [0.05, 0.1) is 0 Å². The molecule has 0 aliphatic rings. The van der Waals surface area contributed by atoms with E-state index in [4.69, 9.17) is 10.3 Å². The molecule has 0 unspecified atom stereocenters. The van der Waals surface area contributed by atoms with E-state index in [-0.39, 0.29) is 11.6 Å². The maximum absolute atomic E-state index is 9.74. The van der Waals surface area contributed by atoms with Gasteiger partial charge in [-0.1, -0.05) is 21.1 Å². The second kappa shape index (κ2) is 3.58. The third-order valence-electron chi connectivity index (χ3n) is 2.16. The van der Waals surface area contributed by atoms with Gasteiger partial charge in [0.1, 0.15) is 11.4 Å². The maximum Gasteiger partial charge on any atom is 0.222 e. The molecule has 78 valence electrons. The summed E-state index contributed by atoms with van der Waals surface area (Å²) >= 11 is 3.38. The molecule has 5 heteroatoms. The summed E-state index contributed by atoms with van der Waals surface area (Å²) in [6.07, 6.45) is 0. The molecule has 0 radical (unpaired) electrons. The molecule has 1 heterocycles.